The van der Waals surface area contributed by atoms with Crippen molar-refractivity contribution >= 4 is 22.6 Å². The molecule has 25 heavy (non-hydrogen) atoms. The minimum atomic E-state index is 0.128. The number of para-hydroxylation sites is 2. The van der Waals surface area contributed by atoms with Crippen LogP contribution in [-0.2, 0) is 4.79 Å². The number of nitrogens with zero attached hydrogens (tertiary/aromatic N) is 3. The van der Waals surface area contributed by atoms with Gasteiger partial charge in [0.1, 0.15) is 5.82 Å². The molecule has 0 aliphatic carbocycles. The van der Waals surface area contributed by atoms with E-state index in [4.69, 9.17) is 4.98 Å². The van der Waals surface area contributed by atoms with Crippen LogP contribution in [0.4, 0.5) is 5.69 Å². The highest BCUT2D eigenvalue weighted by Gasteiger charge is 2.35. The molecule has 2 aromatic carbocycles. The lowest BCUT2D eigenvalue weighted by atomic mass is 10.1. The molecular formula is C21H23N3O. The van der Waals surface area contributed by atoms with Crippen LogP contribution >= 0.6 is 0 Å². The average Bonchev–Trinajstić information content (AvgIpc) is 3.16. The molecule has 0 bridgehead atoms. The number of hydrogen-bond acceptors (Lipinski definition) is 2. The van der Waals surface area contributed by atoms with Crippen molar-refractivity contribution in [2.24, 2.45) is 0 Å². The SMILES string of the molecule is Cc1ccc(N2C[C@H](c3nc4ccccc4n3C(C)C)CC2=O)cc1. The molecule has 1 atom stereocenters. The van der Waals surface area contributed by atoms with Gasteiger partial charge in [-0.25, -0.2) is 4.98 Å². The summed E-state index contributed by atoms with van der Waals surface area (Å²) in [5, 5.41) is 0. The van der Waals surface area contributed by atoms with Gasteiger partial charge in [-0.1, -0.05) is 29.8 Å². The van der Waals surface area contributed by atoms with Crippen LogP contribution in [0.2, 0.25) is 0 Å². The molecular weight excluding hydrogens is 310 g/mol. The highest BCUT2D eigenvalue weighted by atomic mass is 16.2. The number of carbonyl (C=O) groups is 1. The summed E-state index contributed by atoms with van der Waals surface area (Å²) in [5.41, 5.74) is 4.33. The van der Waals surface area contributed by atoms with Crippen molar-refractivity contribution in [3.8, 4) is 0 Å². The van der Waals surface area contributed by atoms with E-state index >= 15 is 0 Å². The molecule has 0 N–H and O–H groups in total. The standard InChI is InChI=1S/C21H23N3O/c1-14(2)24-19-7-5-4-6-18(19)22-21(24)16-12-20(25)23(13-16)17-10-8-15(3)9-11-17/h4-11,14,16H,12-13H2,1-3H3/t16-/m1/s1. The molecule has 1 saturated heterocycles. The van der Waals surface area contributed by atoms with E-state index in [9.17, 15) is 4.79 Å². The van der Waals surface area contributed by atoms with Crippen LogP contribution in [0, 0.1) is 6.92 Å². The topological polar surface area (TPSA) is 38.1 Å². The van der Waals surface area contributed by atoms with Crippen molar-refractivity contribution in [1.82, 2.24) is 9.55 Å². The van der Waals surface area contributed by atoms with Crippen LogP contribution in [0.1, 0.15) is 43.6 Å². The third-order valence-electron chi connectivity index (χ3n) is 4.98. The summed E-state index contributed by atoms with van der Waals surface area (Å²) < 4.78 is 2.28. The Balaban J connectivity index is 1.71. The molecule has 4 rings (SSSR count). The number of fused-ring (bicyclic) bond motifs is 1. The first kappa shape index (κ1) is 15.9. The molecule has 3 aromatic rings. The van der Waals surface area contributed by atoms with Gasteiger partial charge in [0.2, 0.25) is 5.91 Å². The lowest BCUT2D eigenvalue weighted by Gasteiger charge is -2.19. The van der Waals surface area contributed by atoms with Gasteiger partial charge in [-0.2, -0.15) is 0 Å². The van der Waals surface area contributed by atoms with Crippen LogP contribution < -0.4 is 4.90 Å². The normalized spacial score (nSPS) is 17.8. The molecule has 1 fully saturated rings. The zero-order chi connectivity index (χ0) is 17.6. The fraction of sp³-hybridized carbons (Fsp3) is 0.333. The van der Waals surface area contributed by atoms with Gasteiger partial charge >= 0.3 is 0 Å². The number of anilines is 1. The Bertz CT molecular complexity index is 924. The first-order valence-corrected chi connectivity index (χ1v) is 8.88. The maximum absolute atomic E-state index is 12.6. The lowest BCUT2D eigenvalue weighted by molar-refractivity contribution is -0.117. The average molecular weight is 333 g/mol. The minimum absolute atomic E-state index is 0.128. The molecule has 0 radical (unpaired) electrons. The van der Waals surface area contributed by atoms with E-state index in [0.29, 0.717) is 19.0 Å². The van der Waals surface area contributed by atoms with Crippen LogP contribution in [0.25, 0.3) is 11.0 Å². The zero-order valence-electron chi connectivity index (χ0n) is 14.9. The summed E-state index contributed by atoms with van der Waals surface area (Å²) in [5.74, 6) is 1.33. The predicted octanol–water partition coefficient (Wildman–Crippen LogP) is 4.45. The first-order chi connectivity index (χ1) is 12.0. The van der Waals surface area contributed by atoms with E-state index in [-0.39, 0.29) is 11.8 Å². The van der Waals surface area contributed by atoms with Crippen molar-refractivity contribution in [2.45, 2.75) is 39.2 Å². The Morgan fingerprint density at radius 2 is 1.80 bits per heavy atom. The van der Waals surface area contributed by atoms with Crippen molar-refractivity contribution in [2.75, 3.05) is 11.4 Å². The van der Waals surface area contributed by atoms with Gasteiger partial charge in [0, 0.05) is 30.6 Å². The highest BCUT2D eigenvalue weighted by Crippen LogP contribution is 2.34. The van der Waals surface area contributed by atoms with Crippen LogP contribution in [-0.4, -0.2) is 22.0 Å². The molecule has 1 aliphatic rings. The lowest BCUT2D eigenvalue weighted by Crippen LogP contribution is -2.24. The van der Waals surface area contributed by atoms with E-state index in [2.05, 4.69) is 43.5 Å². The fourth-order valence-electron chi connectivity index (χ4n) is 3.75. The summed E-state index contributed by atoms with van der Waals surface area (Å²) in [6.07, 6.45) is 0.518. The van der Waals surface area contributed by atoms with E-state index in [1.807, 2.05) is 35.2 Å². The Morgan fingerprint density at radius 3 is 2.52 bits per heavy atom. The molecule has 4 nitrogen and oxygen atoms in total. The van der Waals surface area contributed by atoms with Gasteiger partial charge < -0.3 is 9.47 Å². The van der Waals surface area contributed by atoms with Gasteiger partial charge in [0.25, 0.3) is 0 Å². The maximum atomic E-state index is 12.6. The quantitative estimate of drug-likeness (QED) is 0.710. The monoisotopic (exact) mass is 333 g/mol. The van der Waals surface area contributed by atoms with Crippen molar-refractivity contribution < 1.29 is 4.79 Å². The van der Waals surface area contributed by atoms with Crippen LogP contribution in [0.5, 0.6) is 0 Å². The Kier molecular flexibility index (Phi) is 3.83. The van der Waals surface area contributed by atoms with Gasteiger partial charge in [0.05, 0.1) is 11.0 Å². The Hall–Kier alpha value is -2.62. The van der Waals surface area contributed by atoms with Gasteiger partial charge in [-0.3, -0.25) is 4.79 Å². The molecule has 1 aliphatic heterocycles. The van der Waals surface area contributed by atoms with Crippen molar-refractivity contribution in [3.63, 3.8) is 0 Å². The summed E-state index contributed by atoms with van der Waals surface area (Å²) >= 11 is 0. The molecule has 2 heterocycles. The summed E-state index contributed by atoms with van der Waals surface area (Å²) in [6.45, 7) is 7.10. The van der Waals surface area contributed by atoms with E-state index in [1.54, 1.807) is 0 Å². The van der Waals surface area contributed by atoms with Crippen LogP contribution in [0.3, 0.4) is 0 Å². The zero-order valence-corrected chi connectivity index (χ0v) is 14.9. The first-order valence-electron chi connectivity index (χ1n) is 8.88. The summed E-state index contributed by atoms with van der Waals surface area (Å²) in [7, 11) is 0. The smallest absolute Gasteiger partial charge is 0.227 e. The number of benzene rings is 2. The van der Waals surface area contributed by atoms with E-state index in [0.717, 1.165) is 22.5 Å². The number of amides is 1. The Morgan fingerprint density at radius 1 is 1.08 bits per heavy atom. The molecule has 0 spiro atoms. The number of carbonyl (C=O) groups excluding carboxylic acids is 1. The predicted molar refractivity (Wildman–Crippen MR) is 101 cm³/mol. The second kappa shape index (κ2) is 6.03. The van der Waals surface area contributed by atoms with Crippen molar-refractivity contribution in [3.05, 3.63) is 59.9 Å². The molecule has 0 unspecified atom stereocenters. The fourth-order valence-corrected chi connectivity index (χ4v) is 3.75. The molecule has 128 valence electrons. The number of aromatic nitrogens is 2. The van der Waals surface area contributed by atoms with E-state index < -0.39 is 0 Å². The summed E-state index contributed by atoms with van der Waals surface area (Å²) in [4.78, 5) is 19.4. The number of rotatable bonds is 3. The van der Waals surface area contributed by atoms with Gasteiger partial charge in [-0.05, 0) is 45.0 Å². The highest BCUT2D eigenvalue weighted by molar-refractivity contribution is 5.96. The van der Waals surface area contributed by atoms with Gasteiger partial charge in [-0.15, -0.1) is 0 Å². The number of aryl methyl sites for hydroxylation is 1. The van der Waals surface area contributed by atoms with Gasteiger partial charge in [0.15, 0.2) is 0 Å². The molecule has 4 heteroatoms. The molecule has 1 aromatic heterocycles. The third-order valence-corrected chi connectivity index (χ3v) is 4.98. The van der Waals surface area contributed by atoms with E-state index in [1.165, 1.54) is 5.56 Å². The molecule has 0 saturated carbocycles. The Labute approximate surface area is 148 Å². The molecule has 1 amide bonds. The number of imidazole rings is 1. The second-order valence-corrected chi connectivity index (χ2v) is 7.16. The van der Waals surface area contributed by atoms with Crippen LogP contribution in [0.15, 0.2) is 48.5 Å². The van der Waals surface area contributed by atoms with Crippen molar-refractivity contribution in [1.29, 1.82) is 0 Å². The third kappa shape index (κ3) is 2.72. The number of hydrogen-bond donors (Lipinski definition) is 0. The largest absolute Gasteiger partial charge is 0.325 e. The maximum Gasteiger partial charge on any atom is 0.227 e. The summed E-state index contributed by atoms with van der Waals surface area (Å²) in [6, 6.07) is 16.7. The minimum Gasteiger partial charge on any atom is -0.325 e. The second-order valence-electron chi connectivity index (χ2n) is 7.16.